The lowest BCUT2D eigenvalue weighted by Crippen LogP contribution is -1.92. The van der Waals surface area contributed by atoms with Gasteiger partial charge in [-0.2, -0.15) is 0 Å². The first-order chi connectivity index (χ1) is 25.3. The minimum atomic E-state index is 0.870. The van der Waals surface area contributed by atoms with Gasteiger partial charge >= 0.3 is 0 Å². The number of fused-ring (bicyclic) bond motifs is 14. The van der Waals surface area contributed by atoms with E-state index in [2.05, 4.69) is 140 Å². The predicted molar refractivity (Wildman–Crippen MR) is 212 cm³/mol. The third-order valence-electron chi connectivity index (χ3n) is 10.8. The lowest BCUT2D eigenvalue weighted by molar-refractivity contribution is 0.668. The van der Waals surface area contributed by atoms with Gasteiger partial charge < -0.3 is 13.3 Å². The van der Waals surface area contributed by atoms with E-state index in [0.29, 0.717) is 0 Å². The van der Waals surface area contributed by atoms with Gasteiger partial charge in [0.1, 0.15) is 33.5 Å². The molecule has 9 aromatic carbocycles. The fourth-order valence-corrected chi connectivity index (χ4v) is 8.80. The Kier molecular flexibility index (Phi) is 5.23. The fraction of sp³-hybridized carbons (Fsp3) is 0. The van der Waals surface area contributed by atoms with Gasteiger partial charge in [0.05, 0.1) is 0 Å². The Bertz CT molecular complexity index is 3370. The molecule has 3 heteroatoms. The maximum absolute atomic E-state index is 6.95. The molecule has 236 valence electrons. The highest BCUT2D eigenvalue weighted by atomic mass is 16.3. The summed E-state index contributed by atoms with van der Waals surface area (Å²) >= 11 is 0. The highest BCUT2D eigenvalue weighted by molar-refractivity contribution is 6.35. The SMILES string of the molecule is c1ccc2c(c1)oc1cccc(-c3c4ccccc4c(-c4cc5ccc6oc7ccccc7c6c5c5c4oc4ccccc45)c4ccccc34)c12. The number of para-hydroxylation sites is 3. The van der Waals surface area contributed by atoms with Crippen LogP contribution < -0.4 is 0 Å². The molecule has 0 atom stereocenters. The van der Waals surface area contributed by atoms with Crippen molar-refractivity contribution in [3.8, 4) is 22.3 Å². The Balaban J connectivity index is 1.28. The van der Waals surface area contributed by atoms with Crippen LogP contribution in [0.2, 0.25) is 0 Å². The fourth-order valence-electron chi connectivity index (χ4n) is 8.80. The van der Waals surface area contributed by atoms with E-state index in [1.165, 1.54) is 27.1 Å². The molecular formula is C48H26O3. The summed E-state index contributed by atoms with van der Waals surface area (Å²) < 4.78 is 19.7. The van der Waals surface area contributed by atoms with E-state index in [1.807, 2.05) is 18.2 Å². The van der Waals surface area contributed by atoms with E-state index in [-0.39, 0.29) is 0 Å². The Morgan fingerprint density at radius 2 is 0.725 bits per heavy atom. The highest BCUT2D eigenvalue weighted by Crippen LogP contribution is 2.51. The number of hydrogen-bond donors (Lipinski definition) is 0. The smallest absolute Gasteiger partial charge is 0.143 e. The van der Waals surface area contributed by atoms with Gasteiger partial charge in [0.2, 0.25) is 0 Å². The van der Waals surface area contributed by atoms with Crippen molar-refractivity contribution in [2.45, 2.75) is 0 Å². The van der Waals surface area contributed by atoms with Gasteiger partial charge in [-0.25, -0.2) is 0 Å². The number of benzene rings is 9. The highest BCUT2D eigenvalue weighted by Gasteiger charge is 2.25. The molecule has 0 amide bonds. The van der Waals surface area contributed by atoms with E-state index in [9.17, 15) is 0 Å². The van der Waals surface area contributed by atoms with Crippen LogP contribution in [0.4, 0.5) is 0 Å². The summed E-state index contributed by atoms with van der Waals surface area (Å²) in [5, 5.41) is 13.7. The standard InChI is InChI=1S/C48H26O3/c1-3-14-30-28(12-1)43(35-19-11-23-40-45(35)32-16-5-8-20-37(32)49-40)29-13-2-4-15-31(29)44(30)36-26-27-24-25-41-46(33-17-6-9-21-38(33)50-41)42(27)47-34-18-7-10-22-39(34)51-48(36)47/h1-26H. The van der Waals surface area contributed by atoms with Crippen molar-refractivity contribution >= 4 is 98.1 Å². The lowest BCUT2D eigenvalue weighted by Gasteiger charge is -2.19. The van der Waals surface area contributed by atoms with E-state index in [4.69, 9.17) is 13.3 Å². The normalized spacial score (nSPS) is 12.3. The number of furan rings is 3. The molecule has 0 spiro atoms. The van der Waals surface area contributed by atoms with Crippen LogP contribution in [-0.2, 0) is 0 Å². The van der Waals surface area contributed by atoms with E-state index in [0.717, 1.165) is 93.3 Å². The van der Waals surface area contributed by atoms with Gasteiger partial charge in [0.15, 0.2) is 0 Å². The molecule has 0 saturated heterocycles. The molecule has 12 aromatic rings. The summed E-state index contributed by atoms with van der Waals surface area (Å²) in [4.78, 5) is 0. The summed E-state index contributed by atoms with van der Waals surface area (Å²) in [6.45, 7) is 0. The zero-order chi connectivity index (χ0) is 33.2. The van der Waals surface area contributed by atoms with E-state index in [1.54, 1.807) is 0 Å². The summed E-state index contributed by atoms with van der Waals surface area (Å²) in [7, 11) is 0. The third-order valence-corrected chi connectivity index (χ3v) is 10.8. The molecule has 12 rings (SSSR count). The van der Waals surface area contributed by atoms with Gasteiger partial charge in [-0.15, -0.1) is 0 Å². The molecule has 0 bridgehead atoms. The minimum Gasteiger partial charge on any atom is -0.456 e. The van der Waals surface area contributed by atoms with Gasteiger partial charge in [0.25, 0.3) is 0 Å². The van der Waals surface area contributed by atoms with Crippen LogP contribution in [0.1, 0.15) is 0 Å². The van der Waals surface area contributed by atoms with E-state index >= 15 is 0 Å². The van der Waals surface area contributed by atoms with Gasteiger partial charge in [0, 0.05) is 48.8 Å². The van der Waals surface area contributed by atoms with Crippen molar-refractivity contribution in [3.63, 3.8) is 0 Å². The lowest BCUT2D eigenvalue weighted by atomic mass is 9.84. The number of hydrogen-bond acceptors (Lipinski definition) is 3. The first kappa shape index (κ1) is 27.0. The second-order valence-electron chi connectivity index (χ2n) is 13.5. The Morgan fingerprint density at radius 1 is 0.275 bits per heavy atom. The summed E-state index contributed by atoms with van der Waals surface area (Å²) in [6.07, 6.45) is 0. The molecule has 0 radical (unpaired) electrons. The van der Waals surface area contributed by atoms with Crippen LogP contribution in [0.15, 0.2) is 171 Å². The summed E-state index contributed by atoms with van der Waals surface area (Å²) in [5.41, 5.74) is 9.91. The zero-order valence-corrected chi connectivity index (χ0v) is 27.2. The van der Waals surface area contributed by atoms with Crippen LogP contribution in [0.5, 0.6) is 0 Å². The monoisotopic (exact) mass is 650 g/mol. The number of rotatable bonds is 2. The second kappa shape index (κ2) is 9.87. The molecule has 0 unspecified atom stereocenters. The Labute approximate surface area is 290 Å². The van der Waals surface area contributed by atoms with Crippen molar-refractivity contribution in [2.24, 2.45) is 0 Å². The molecule has 0 aliphatic carbocycles. The second-order valence-corrected chi connectivity index (χ2v) is 13.5. The summed E-state index contributed by atoms with van der Waals surface area (Å²) in [5.74, 6) is 0. The maximum Gasteiger partial charge on any atom is 0.143 e. The summed E-state index contributed by atoms with van der Waals surface area (Å²) in [6, 6.07) is 55.8. The zero-order valence-electron chi connectivity index (χ0n) is 27.2. The quantitative estimate of drug-likeness (QED) is 0.175. The van der Waals surface area contributed by atoms with E-state index < -0.39 is 0 Å². The molecule has 3 heterocycles. The molecule has 0 saturated carbocycles. The van der Waals surface area contributed by atoms with Crippen LogP contribution in [-0.4, -0.2) is 0 Å². The van der Waals surface area contributed by atoms with Crippen molar-refractivity contribution < 1.29 is 13.3 Å². The predicted octanol–water partition coefficient (Wildman–Crippen LogP) is 14.2. The van der Waals surface area contributed by atoms with Crippen LogP contribution in [0.3, 0.4) is 0 Å². The maximum atomic E-state index is 6.95. The Morgan fingerprint density at radius 3 is 1.33 bits per heavy atom. The van der Waals surface area contributed by atoms with Crippen LogP contribution in [0, 0.1) is 0 Å². The average molecular weight is 651 g/mol. The molecule has 3 nitrogen and oxygen atoms in total. The van der Waals surface area contributed by atoms with Crippen molar-refractivity contribution in [1.29, 1.82) is 0 Å². The minimum absolute atomic E-state index is 0.870. The largest absolute Gasteiger partial charge is 0.456 e. The average Bonchev–Trinajstić information content (AvgIpc) is 3.88. The molecule has 0 aliphatic heterocycles. The van der Waals surface area contributed by atoms with Crippen molar-refractivity contribution in [1.82, 2.24) is 0 Å². The van der Waals surface area contributed by atoms with Crippen LogP contribution >= 0.6 is 0 Å². The Hall–Kier alpha value is -6.84. The van der Waals surface area contributed by atoms with Crippen molar-refractivity contribution in [3.05, 3.63) is 158 Å². The molecule has 0 aliphatic rings. The first-order valence-electron chi connectivity index (χ1n) is 17.3. The molecule has 0 fully saturated rings. The molecule has 3 aromatic heterocycles. The van der Waals surface area contributed by atoms with Gasteiger partial charge in [-0.3, -0.25) is 0 Å². The molecule has 51 heavy (non-hydrogen) atoms. The van der Waals surface area contributed by atoms with Crippen molar-refractivity contribution in [2.75, 3.05) is 0 Å². The third kappa shape index (κ3) is 3.57. The molecular weight excluding hydrogens is 625 g/mol. The van der Waals surface area contributed by atoms with Gasteiger partial charge in [-0.05, 0) is 74.5 Å². The van der Waals surface area contributed by atoms with Crippen LogP contribution in [0.25, 0.3) is 120 Å². The van der Waals surface area contributed by atoms with Gasteiger partial charge in [-0.1, -0.05) is 121 Å². The topological polar surface area (TPSA) is 39.4 Å². The first-order valence-corrected chi connectivity index (χ1v) is 17.3. The molecule has 0 N–H and O–H groups in total.